The molecule has 1 N–H and O–H groups in total. The lowest BCUT2D eigenvalue weighted by Crippen LogP contribution is -2.27. The molecule has 1 aromatic carbocycles. The summed E-state index contributed by atoms with van der Waals surface area (Å²) in [6, 6.07) is 5.69. The second-order valence-electron chi connectivity index (χ2n) is 4.30. The van der Waals surface area contributed by atoms with Gasteiger partial charge in [0, 0.05) is 14.4 Å². The van der Waals surface area contributed by atoms with Crippen LogP contribution in [0.5, 0.6) is 0 Å². The lowest BCUT2D eigenvalue weighted by molar-refractivity contribution is -0.123. The minimum atomic E-state index is -0.394. The first-order chi connectivity index (χ1) is 6.82. The van der Waals surface area contributed by atoms with E-state index >= 15 is 0 Å². The van der Waals surface area contributed by atoms with Crippen molar-refractivity contribution in [2.45, 2.75) is 20.8 Å². The highest BCUT2D eigenvalue weighted by Gasteiger charge is 2.22. The quantitative estimate of drug-likeness (QED) is 0.819. The Morgan fingerprint density at radius 3 is 2.07 bits per heavy atom. The summed E-state index contributed by atoms with van der Waals surface area (Å²) in [4.78, 5) is 11.8. The number of amides is 1. The van der Waals surface area contributed by atoms with E-state index in [4.69, 9.17) is 0 Å². The third-order valence-corrected chi connectivity index (χ3v) is 3.20. The fraction of sp³-hybridized carbons (Fsp3) is 0.364. The molecular formula is C11H13Br2NO. The molecule has 0 heterocycles. The molecule has 0 fully saturated rings. The van der Waals surface area contributed by atoms with Gasteiger partial charge in [-0.15, -0.1) is 0 Å². The summed E-state index contributed by atoms with van der Waals surface area (Å²) < 4.78 is 1.74. The number of anilines is 1. The van der Waals surface area contributed by atoms with Gasteiger partial charge in [0.25, 0.3) is 0 Å². The molecule has 0 unspecified atom stereocenters. The van der Waals surface area contributed by atoms with Gasteiger partial charge in [0.1, 0.15) is 0 Å². The third kappa shape index (κ3) is 3.31. The highest BCUT2D eigenvalue weighted by atomic mass is 79.9. The number of carbonyl (C=O) groups excluding carboxylic acids is 1. The van der Waals surface area contributed by atoms with Crippen LogP contribution >= 0.6 is 31.9 Å². The first-order valence-electron chi connectivity index (χ1n) is 4.58. The molecule has 82 valence electrons. The van der Waals surface area contributed by atoms with Crippen molar-refractivity contribution in [3.63, 3.8) is 0 Å². The summed E-state index contributed by atoms with van der Waals surface area (Å²) in [5.41, 5.74) is 0.381. The first kappa shape index (κ1) is 12.7. The third-order valence-electron chi connectivity index (χ3n) is 1.88. The average molecular weight is 335 g/mol. The van der Waals surface area contributed by atoms with Crippen LogP contribution in [0.1, 0.15) is 20.8 Å². The zero-order chi connectivity index (χ0) is 11.6. The Morgan fingerprint density at radius 1 is 1.20 bits per heavy atom. The van der Waals surface area contributed by atoms with Crippen LogP contribution in [-0.2, 0) is 4.79 Å². The summed E-state index contributed by atoms with van der Waals surface area (Å²) in [6.45, 7) is 5.65. The molecule has 0 aliphatic heterocycles. The van der Waals surface area contributed by atoms with E-state index in [1.54, 1.807) is 0 Å². The van der Waals surface area contributed by atoms with E-state index in [1.165, 1.54) is 0 Å². The van der Waals surface area contributed by atoms with Gasteiger partial charge >= 0.3 is 0 Å². The molecule has 0 aromatic heterocycles. The van der Waals surface area contributed by atoms with Crippen LogP contribution < -0.4 is 5.32 Å². The van der Waals surface area contributed by atoms with Crippen molar-refractivity contribution >= 4 is 43.5 Å². The van der Waals surface area contributed by atoms with Crippen LogP contribution in [0.3, 0.4) is 0 Å². The van der Waals surface area contributed by atoms with Gasteiger partial charge in [-0.25, -0.2) is 0 Å². The summed E-state index contributed by atoms with van der Waals surface area (Å²) in [5.74, 6) is -0.00454. The number of hydrogen-bond acceptors (Lipinski definition) is 1. The summed E-state index contributed by atoms with van der Waals surface area (Å²) in [7, 11) is 0. The Bertz CT molecular complexity index is 362. The summed E-state index contributed by atoms with van der Waals surface area (Å²) in [6.07, 6.45) is 0. The fourth-order valence-electron chi connectivity index (χ4n) is 0.918. The highest BCUT2D eigenvalue weighted by molar-refractivity contribution is 9.11. The summed E-state index contributed by atoms with van der Waals surface area (Å²) >= 11 is 6.80. The van der Waals surface area contributed by atoms with E-state index in [0.717, 1.165) is 14.6 Å². The summed E-state index contributed by atoms with van der Waals surface area (Å²) in [5, 5.41) is 2.89. The topological polar surface area (TPSA) is 29.1 Å². The Morgan fingerprint density at radius 2 is 1.67 bits per heavy atom. The average Bonchev–Trinajstić information content (AvgIpc) is 2.09. The Balaban J connectivity index is 2.95. The van der Waals surface area contributed by atoms with E-state index in [2.05, 4.69) is 37.2 Å². The largest absolute Gasteiger partial charge is 0.324 e. The maximum Gasteiger partial charge on any atom is 0.229 e. The zero-order valence-corrected chi connectivity index (χ0v) is 12.1. The van der Waals surface area contributed by atoms with Crippen LogP contribution in [0, 0.1) is 5.41 Å². The predicted octanol–water partition coefficient (Wildman–Crippen LogP) is 4.20. The van der Waals surface area contributed by atoms with Gasteiger partial charge in [0.15, 0.2) is 0 Å². The molecule has 0 aliphatic rings. The minimum absolute atomic E-state index is 0.00454. The number of nitrogens with one attached hydrogen (secondary N) is 1. The van der Waals surface area contributed by atoms with E-state index in [-0.39, 0.29) is 5.91 Å². The molecule has 4 heteroatoms. The molecule has 1 aromatic rings. The van der Waals surface area contributed by atoms with Crippen molar-refractivity contribution < 1.29 is 4.79 Å². The number of hydrogen-bond donors (Lipinski definition) is 1. The van der Waals surface area contributed by atoms with Crippen LogP contribution in [0.2, 0.25) is 0 Å². The first-order valence-corrected chi connectivity index (χ1v) is 6.16. The molecule has 0 radical (unpaired) electrons. The van der Waals surface area contributed by atoms with Crippen LogP contribution in [0.25, 0.3) is 0 Å². The van der Waals surface area contributed by atoms with E-state index in [0.29, 0.717) is 0 Å². The van der Waals surface area contributed by atoms with Gasteiger partial charge in [-0.05, 0) is 44.0 Å². The fourth-order valence-corrected chi connectivity index (χ4v) is 2.11. The lowest BCUT2D eigenvalue weighted by atomic mass is 9.95. The van der Waals surface area contributed by atoms with Crippen molar-refractivity contribution in [3.05, 3.63) is 27.1 Å². The lowest BCUT2D eigenvalue weighted by Gasteiger charge is -2.19. The van der Waals surface area contributed by atoms with Crippen molar-refractivity contribution in [1.29, 1.82) is 0 Å². The minimum Gasteiger partial charge on any atom is -0.324 e. The molecule has 0 saturated heterocycles. The van der Waals surface area contributed by atoms with Crippen molar-refractivity contribution in [2.75, 3.05) is 5.32 Å². The van der Waals surface area contributed by atoms with Crippen molar-refractivity contribution in [3.8, 4) is 0 Å². The number of carbonyl (C=O) groups is 1. The van der Waals surface area contributed by atoms with Crippen molar-refractivity contribution in [2.24, 2.45) is 5.41 Å². The molecular weight excluding hydrogens is 322 g/mol. The number of para-hydroxylation sites is 1. The van der Waals surface area contributed by atoms with Gasteiger partial charge in [0.2, 0.25) is 5.91 Å². The Hall–Kier alpha value is -0.350. The molecule has 0 atom stereocenters. The molecule has 1 amide bonds. The van der Waals surface area contributed by atoms with Gasteiger partial charge in [-0.2, -0.15) is 0 Å². The molecule has 2 nitrogen and oxygen atoms in total. The molecule has 15 heavy (non-hydrogen) atoms. The molecule has 1 rings (SSSR count). The Kier molecular flexibility index (Phi) is 3.95. The van der Waals surface area contributed by atoms with E-state index in [9.17, 15) is 4.79 Å². The standard InChI is InChI=1S/C11H13Br2NO/c1-11(2,3)10(15)14-9-7(12)5-4-6-8(9)13/h4-6H,1-3H3,(H,14,15). The van der Waals surface area contributed by atoms with Gasteiger partial charge in [0.05, 0.1) is 5.69 Å². The SMILES string of the molecule is CC(C)(C)C(=O)Nc1c(Br)cccc1Br. The zero-order valence-electron chi connectivity index (χ0n) is 8.90. The smallest absolute Gasteiger partial charge is 0.229 e. The van der Waals surface area contributed by atoms with Crippen LogP contribution in [0.4, 0.5) is 5.69 Å². The maximum absolute atomic E-state index is 11.8. The van der Waals surface area contributed by atoms with Gasteiger partial charge < -0.3 is 5.32 Å². The van der Waals surface area contributed by atoms with E-state index in [1.807, 2.05) is 39.0 Å². The molecule has 0 saturated carbocycles. The number of halogens is 2. The van der Waals surface area contributed by atoms with Gasteiger partial charge in [-0.3, -0.25) is 4.79 Å². The number of rotatable bonds is 1. The molecule has 0 spiro atoms. The Labute approximate surface area is 107 Å². The number of benzene rings is 1. The van der Waals surface area contributed by atoms with Gasteiger partial charge in [-0.1, -0.05) is 26.8 Å². The maximum atomic E-state index is 11.8. The second kappa shape index (κ2) is 4.66. The second-order valence-corrected chi connectivity index (χ2v) is 6.01. The highest BCUT2D eigenvalue weighted by Crippen LogP contribution is 2.31. The normalized spacial score (nSPS) is 11.3. The van der Waals surface area contributed by atoms with Crippen LogP contribution in [0.15, 0.2) is 27.1 Å². The monoisotopic (exact) mass is 333 g/mol. The molecule has 0 bridgehead atoms. The molecule has 0 aliphatic carbocycles. The predicted molar refractivity (Wildman–Crippen MR) is 69.9 cm³/mol. The van der Waals surface area contributed by atoms with Crippen LogP contribution in [-0.4, -0.2) is 5.91 Å². The van der Waals surface area contributed by atoms with E-state index < -0.39 is 5.41 Å². The van der Waals surface area contributed by atoms with Crippen molar-refractivity contribution in [1.82, 2.24) is 0 Å².